The number of carbonyl (C=O) groups excluding carboxylic acids is 2. The van der Waals surface area contributed by atoms with Crippen LogP contribution in [0.5, 0.6) is 0 Å². The molecule has 134 valence electrons. The number of Topliss-reactive ketones (excluding diaryl/α,β-unsaturated/α-hetero) is 1. The Labute approximate surface area is 149 Å². The predicted molar refractivity (Wildman–Crippen MR) is 92.6 cm³/mol. The van der Waals surface area contributed by atoms with Gasteiger partial charge in [-0.05, 0) is 45.0 Å². The molecule has 0 fully saturated rings. The number of hydrogen-bond donors (Lipinski definition) is 1. The standard InChI is InChI=1S/C17H20FN3O3S/c1-11(22)10-17(2,3)19-14(23)8-9-25-16-21-20-15(24-16)12-4-6-13(18)7-5-12/h4-7H,8-10H2,1-3H3,(H,19,23). The largest absolute Gasteiger partial charge is 0.411 e. The summed E-state index contributed by atoms with van der Waals surface area (Å²) in [6, 6.07) is 5.75. The number of hydrogen-bond acceptors (Lipinski definition) is 6. The van der Waals surface area contributed by atoms with Crippen LogP contribution in [-0.4, -0.2) is 33.2 Å². The smallest absolute Gasteiger partial charge is 0.276 e. The molecular formula is C17H20FN3O3S. The zero-order valence-electron chi connectivity index (χ0n) is 14.3. The zero-order valence-corrected chi connectivity index (χ0v) is 15.2. The van der Waals surface area contributed by atoms with Crippen LogP contribution < -0.4 is 5.32 Å². The lowest BCUT2D eigenvalue weighted by atomic mass is 9.98. The number of nitrogens with zero attached hydrogens (tertiary/aromatic N) is 2. The second-order valence-electron chi connectivity index (χ2n) is 6.29. The average Bonchev–Trinajstić information content (AvgIpc) is 2.94. The topological polar surface area (TPSA) is 85.1 Å². The Morgan fingerprint density at radius 1 is 1.24 bits per heavy atom. The fourth-order valence-electron chi connectivity index (χ4n) is 2.31. The van der Waals surface area contributed by atoms with Crippen LogP contribution >= 0.6 is 11.8 Å². The van der Waals surface area contributed by atoms with E-state index in [-0.39, 0.29) is 30.3 Å². The minimum atomic E-state index is -0.562. The van der Waals surface area contributed by atoms with E-state index in [9.17, 15) is 14.0 Å². The van der Waals surface area contributed by atoms with Crippen LogP contribution in [0.2, 0.25) is 0 Å². The van der Waals surface area contributed by atoms with Gasteiger partial charge in [0.05, 0.1) is 0 Å². The highest BCUT2D eigenvalue weighted by atomic mass is 32.2. The summed E-state index contributed by atoms with van der Waals surface area (Å²) in [5.41, 5.74) is 0.0675. The summed E-state index contributed by atoms with van der Waals surface area (Å²) in [6.07, 6.45) is 0.552. The molecule has 0 aliphatic carbocycles. The van der Waals surface area contributed by atoms with Crippen LogP contribution in [0.3, 0.4) is 0 Å². The molecule has 0 atom stereocenters. The number of halogens is 1. The van der Waals surface area contributed by atoms with Crippen molar-refractivity contribution in [3.63, 3.8) is 0 Å². The van der Waals surface area contributed by atoms with E-state index >= 15 is 0 Å². The van der Waals surface area contributed by atoms with E-state index < -0.39 is 5.54 Å². The molecule has 1 N–H and O–H groups in total. The van der Waals surface area contributed by atoms with Crippen LogP contribution in [0.25, 0.3) is 11.5 Å². The number of rotatable bonds is 8. The molecule has 0 aliphatic rings. The molecule has 25 heavy (non-hydrogen) atoms. The van der Waals surface area contributed by atoms with Crippen molar-refractivity contribution in [1.29, 1.82) is 0 Å². The maximum Gasteiger partial charge on any atom is 0.276 e. The maximum atomic E-state index is 12.9. The summed E-state index contributed by atoms with van der Waals surface area (Å²) in [7, 11) is 0. The minimum Gasteiger partial charge on any atom is -0.411 e. The minimum absolute atomic E-state index is 0.0267. The fourth-order valence-corrected chi connectivity index (χ4v) is 3.01. The Kier molecular flexibility index (Phi) is 6.30. The van der Waals surface area contributed by atoms with Crippen molar-refractivity contribution in [2.45, 2.75) is 44.4 Å². The fraction of sp³-hybridized carbons (Fsp3) is 0.412. The first-order valence-corrected chi connectivity index (χ1v) is 8.76. The van der Waals surface area contributed by atoms with Crippen molar-refractivity contribution in [2.75, 3.05) is 5.75 Å². The lowest BCUT2D eigenvalue weighted by Crippen LogP contribution is -2.44. The van der Waals surface area contributed by atoms with Crippen molar-refractivity contribution in [2.24, 2.45) is 0 Å². The van der Waals surface area contributed by atoms with Gasteiger partial charge in [0.15, 0.2) is 0 Å². The van der Waals surface area contributed by atoms with Crippen LogP contribution in [0.4, 0.5) is 4.39 Å². The molecule has 0 spiro atoms. The number of aromatic nitrogens is 2. The van der Waals surface area contributed by atoms with Crippen molar-refractivity contribution in [1.82, 2.24) is 15.5 Å². The lowest BCUT2D eigenvalue weighted by molar-refractivity contribution is -0.123. The van der Waals surface area contributed by atoms with Gasteiger partial charge in [-0.15, -0.1) is 10.2 Å². The molecule has 6 nitrogen and oxygen atoms in total. The molecule has 0 bridgehead atoms. The van der Waals surface area contributed by atoms with Crippen molar-refractivity contribution >= 4 is 23.5 Å². The van der Waals surface area contributed by atoms with Crippen LogP contribution in [0, 0.1) is 5.82 Å². The van der Waals surface area contributed by atoms with E-state index in [0.717, 1.165) is 0 Å². The van der Waals surface area contributed by atoms with E-state index in [2.05, 4.69) is 15.5 Å². The SMILES string of the molecule is CC(=O)CC(C)(C)NC(=O)CCSc1nnc(-c2ccc(F)cc2)o1. The third-order valence-electron chi connectivity index (χ3n) is 3.22. The summed E-state index contributed by atoms with van der Waals surface area (Å²) in [5.74, 6) is 0.314. The predicted octanol–water partition coefficient (Wildman–Crippen LogP) is 3.23. The van der Waals surface area contributed by atoms with Gasteiger partial charge in [0.25, 0.3) is 5.22 Å². The van der Waals surface area contributed by atoms with E-state index in [1.165, 1.54) is 30.8 Å². The van der Waals surface area contributed by atoms with E-state index in [1.54, 1.807) is 12.1 Å². The molecule has 0 aliphatic heterocycles. The highest BCUT2D eigenvalue weighted by Crippen LogP contribution is 2.23. The van der Waals surface area contributed by atoms with E-state index in [0.29, 0.717) is 22.4 Å². The van der Waals surface area contributed by atoms with Gasteiger partial charge in [-0.25, -0.2) is 4.39 Å². The van der Waals surface area contributed by atoms with Gasteiger partial charge in [0.1, 0.15) is 11.6 Å². The van der Waals surface area contributed by atoms with Gasteiger partial charge in [-0.3, -0.25) is 9.59 Å². The Morgan fingerprint density at radius 2 is 1.92 bits per heavy atom. The Bertz CT molecular complexity index is 744. The van der Waals surface area contributed by atoms with Gasteiger partial charge < -0.3 is 9.73 Å². The molecule has 1 aromatic heterocycles. The molecule has 0 radical (unpaired) electrons. The summed E-state index contributed by atoms with van der Waals surface area (Å²) in [6.45, 7) is 5.12. The Hall–Kier alpha value is -2.22. The first-order valence-electron chi connectivity index (χ1n) is 7.78. The third kappa shape index (κ3) is 6.30. The molecule has 8 heteroatoms. The summed E-state index contributed by atoms with van der Waals surface area (Å²) < 4.78 is 18.4. The van der Waals surface area contributed by atoms with Gasteiger partial charge in [0, 0.05) is 29.7 Å². The van der Waals surface area contributed by atoms with Crippen LogP contribution in [0.1, 0.15) is 33.6 Å². The second-order valence-corrected chi connectivity index (χ2v) is 7.34. The summed E-state index contributed by atoms with van der Waals surface area (Å²) in [4.78, 5) is 23.1. The van der Waals surface area contributed by atoms with Crippen molar-refractivity contribution < 1.29 is 18.4 Å². The van der Waals surface area contributed by atoms with Crippen LogP contribution in [0.15, 0.2) is 33.9 Å². The number of benzene rings is 1. The quantitative estimate of drug-likeness (QED) is 0.723. The molecule has 0 saturated carbocycles. The monoisotopic (exact) mass is 365 g/mol. The Morgan fingerprint density at radius 3 is 2.56 bits per heavy atom. The van der Waals surface area contributed by atoms with Crippen molar-refractivity contribution in [3.05, 3.63) is 30.1 Å². The molecule has 1 heterocycles. The average molecular weight is 365 g/mol. The number of ketones is 1. The molecule has 1 aromatic carbocycles. The number of nitrogens with one attached hydrogen (secondary N) is 1. The number of amides is 1. The summed E-state index contributed by atoms with van der Waals surface area (Å²) in [5, 5.41) is 11.0. The van der Waals surface area contributed by atoms with Gasteiger partial charge >= 0.3 is 0 Å². The molecule has 0 saturated heterocycles. The van der Waals surface area contributed by atoms with Gasteiger partial charge in [0.2, 0.25) is 11.8 Å². The van der Waals surface area contributed by atoms with E-state index in [4.69, 9.17) is 4.42 Å². The molecule has 0 unspecified atom stereocenters. The zero-order chi connectivity index (χ0) is 18.4. The molecule has 1 amide bonds. The number of carbonyl (C=O) groups is 2. The highest BCUT2D eigenvalue weighted by molar-refractivity contribution is 7.99. The van der Waals surface area contributed by atoms with Crippen molar-refractivity contribution in [3.8, 4) is 11.5 Å². The van der Waals surface area contributed by atoms with E-state index in [1.807, 2.05) is 13.8 Å². The molecular weight excluding hydrogens is 345 g/mol. The molecule has 2 rings (SSSR count). The van der Waals surface area contributed by atoms with Gasteiger partial charge in [-0.2, -0.15) is 0 Å². The third-order valence-corrected chi connectivity index (χ3v) is 4.04. The Balaban J connectivity index is 1.81. The normalized spacial score (nSPS) is 11.4. The first kappa shape index (κ1) is 19.1. The van der Waals surface area contributed by atoms with Gasteiger partial charge in [-0.1, -0.05) is 11.8 Å². The number of thioether (sulfide) groups is 1. The maximum absolute atomic E-state index is 12.9. The second kappa shape index (κ2) is 8.24. The van der Waals surface area contributed by atoms with Crippen LogP contribution in [-0.2, 0) is 9.59 Å². The summed E-state index contributed by atoms with van der Waals surface area (Å²) >= 11 is 1.27. The lowest BCUT2D eigenvalue weighted by Gasteiger charge is -2.24. The molecule has 2 aromatic rings. The first-order chi connectivity index (χ1) is 11.7. The highest BCUT2D eigenvalue weighted by Gasteiger charge is 2.22.